The van der Waals surface area contributed by atoms with Gasteiger partial charge in [-0.1, -0.05) is 18.2 Å². The van der Waals surface area contributed by atoms with Crippen LogP contribution in [-0.4, -0.2) is 23.0 Å². The van der Waals surface area contributed by atoms with Gasteiger partial charge in [-0.25, -0.2) is 4.79 Å². The molecule has 1 amide bonds. The Morgan fingerprint density at radius 1 is 1.50 bits per heavy atom. The van der Waals surface area contributed by atoms with Gasteiger partial charge < -0.3 is 4.74 Å². The van der Waals surface area contributed by atoms with Crippen LogP contribution in [0.4, 0.5) is 4.79 Å². The maximum atomic E-state index is 11.4. The monoisotopic (exact) mass is 265 g/mol. The van der Waals surface area contributed by atoms with E-state index in [-0.39, 0.29) is 6.61 Å². The van der Waals surface area contributed by atoms with Crippen molar-refractivity contribution < 1.29 is 14.7 Å². The molecule has 0 spiro atoms. The first-order valence-corrected chi connectivity index (χ1v) is 6.58. The van der Waals surface area contributed by atoms with E-state index in [2.05, 4.69) is 0 Å². The Labute approximate surface area is 109 Å². The molecule has 0 aliphatic heterocycles. The molecule has 96 valence electrons. The van der Waals surface area contributed by atoms with Gasteiger partial charge in [-0.15, -0.1) is 11.3 Å². The highest BCUT2D eigenvalue weighted by atomic mass is 32.1. The van der Waals surface area contributed by atoms with E-state index >= 15 is 0 Å². The zero-order valence-corrected chi connectivity index (χ0v) is 11.1. The van der Waals surface area contributed by atoms with Crippen molar-refractivity contribution in [3.63, 3.8) is 0 Å². The smallest absolute Gasteiger partial charge is 0.434 e. The van der Waals surface area contributed by atoms with Crippen LogP contribution in [0.3, 0.4) is 0 Å². The van der Waals surface area contributed by atoms with Crippen LogP contribution >= 0.6 is 11.3 Å². The number of amides is 1. The molecule has 2 rings (SSSR count). The lowest BCUT2D eigenvalue weighted by Gasteiger charge is -2.20. The van der Waals surface area contributed by atoms with Gasteiger partial charge in [-0.05, 0) is 31.4 Å². The molecule has 1 atom stereocenters. The topological polar surface area (TPSA) is 49.8 Å². The van der Waals surface area contributed by atoms with E-state index in [9.17, 15) is 10.0 Å². The summed E-state index contributed by atoms with van der Waals surface area (Å²) in [6.45, 7) is 3.71. The van der Waals surface area contributed by atoms with Gasteiger partial charge in [-0.3, -0.25) is 5.21 Å². The van der Waals surface area contributed by atoms with E-state index < -0.39 is 12.1 Å². The molecule has 0 aliphatic carbocycles. The Morgan fingerprint density at radius 3 is 2.89 bits per heavy atom. The average molecular weight is 265 g/mol. The van der Waals surface area contributed by atoms with Crippen LogP contribution in [0.25, 0.3) is 10.1 Å². The van der Waals surface area contributed by atoms with Gasteiger partial charge in [0.05, 0.1) is 12.6 Å². The third-order valence-corrected chi connectivity index (χ3v) is 3.96. The largest absolute Gasteiger partial charge is 0.448 e. The van der Waals surface area contributed by atoms with Crippen molar-refractivity contribution in [1.29, 1.82) is 0 Å². The Balaban J connectivity index is 2.22. The lowest BCUT2D eigenvalue weighted by Crippen LogP contribution is -2.30. The van der Waals surface area contributed by atoms with Crippen LogP contribution in [0.1, 0.15) is 24.8 Å². The molecule has 1 aromatic carbocycles. The summed E-state index contributed by atoms with van der Waals surface area (Å²) in [5.41, 5.74) is 0. The Kier molecular flexibility index (Phi) is 3.84. The fourth-order valence-electron chi connectivity index (χ4n) is 1.68. The summed E-state index contributed by atoms with van der Waals surface area (Å²) in [5, 5.41) is 11.5. The van der Waals surface area contributed by atoms with E-state index in [1.165, 1.54) is 0 Å². The second-order valence-electron chi connectivity index (χ2n) is 3.91. The number of thiophene rings is 1. The molecule has 0 bridgehead atoms. The van der Waals surface area contributed by atoms with Gasteiger partial charge in [0.2, 0.25) is 0 Å². The van der Waals surface area contributed by atoms with Crippen LogP contribution < -0.4 is 0 Å². The molecule has 5 heteroatoms. The third kappa shape index (κ3) is 2.47. The second kappa shape index (κ2) is 5.37. The number of nitrogens with zero attached hydrogens (tertiary/aromatic N) is 1. The predicted octanol–water partition coefficient (Wildman–Crippen LogP) is 3.81. The summed E-state index contributed by atoms with van der Waals surface area (Å²) >= 11 is 1.56. The molecule has 0 saturated carbocycles. The minimum Gasteiger partial charge on any atom is -0.448 e. The predicted molar refractivity (Wildman–Crippen MR) is 70.9 cm³/mol. The SMILES string of the molecule is CCOC(=O)N(O)C(C)c1cc2ccccc2s1. The highest BCUT2D eigenvalue weighted by molar-refractivity contribution is 7.19. The molecule has 4 nitrogen and oxygen atoms in total. The van der Waals surface area contributed by atoms with Crippen molar-refractivity contribution in [1.82, 2.24) is 5.06 Å². The fraction of sp³-hybridized carbons (Fsp3) is 0.308. The molecule has 0 fully saturated rings. The average Bonchev–Trinajstić information content (AvgIpc) is 2.81. The summed E-state index contributed by atoms with van der Waals surface area (Å²) in [6, 6.07) is 9.52. The molecular weight excluding hydrogens is 250 g/mol. The maximum absolute atomic E-state index is 11.4. The first kappa shape index (κ1) is 12.9. The number of hydroxylamine groups is 2. The molecule has 0 aliphatic rings. The third-order valence-electron chi connectivity index (χ3n) is 2.68. The summed E-state index contributed by atoms with van der Waals surface area (Å²) in [7, 11) is 0. The second-order valence-corrected chi connectivity index (χ2v) is 5.02. The number of carbonyl (C=O) groups excluding carboxylic acids is 1. The van der Waals surface area contributed by atoms with Crippen LogP contribution in [0.15, 0.2) is 30.3 Å². The van der Waals surface area contributed by atoms with E-state index in [1.54, 1.807) is 25.2 Å². The van der Waals surface area contributed by atoms with E-state index in [1.807, 2.05) is 30.3 Å². The van der Waals surface area contributed by atoms with Crippen molar-refractivity contribution in [2.45, 2.75) is 19.9 Å². The minimum atomic E-state index is -0.720. The zero-order chi connectivity index (χ0) is 13.1. The Hall–Kier alpha value is -1.59. The number of ether oxygens (including phenoxy) is 1. The van der Waals surface area contributed by atoms with Crippen LogP contribution in [0.2, 0.25) is 0 Å². The van der Waals surface area contributed by atoms with Crippen molar-refractivity contribution in [2.24, 2.45) is 0 Å². The number of hydrogen-bond acceptors (Lipinski definition) is 4. The summed E-state index contributed by atoms with van der Waals surface area (Å²) in [4.78, 5) is 12.4. The lowest BCUT2D eigenvalue weighted by atomic mass is 10.2. The van der Waals surface area contributed by atoms with Crippen molar-refractivity contribution in [3.05, 3.63) is 35.2 Å². The van der Waals surface area contributed by atoms with Crippen LogP contribution in [-0.2, 0) is 4.74 Å². The van der Waals surface area contributed by atoms with E-state index in [0.717, 1.165) is 15.0 Å². The number of fused-ring (bicyclic) bond motifs is 1. The standard InChI is InChI=1S/C13H15NO3S/c1-3-17-13(15)14(16)9(2)12-8-10-6-4-5-7-11(10)18-12/h4-9,16H,3H2,1-2H3. The lowest BCUT2D eigenvalue weighted by molar-refractivity contribution is -0.0998. The number of hydrogen-bond donors (Lipinski definition) is 1. The van der Waals surface area contributed by atoms with E-state index in [0.29, 0.717) is 5.06 Å². The molecule has 1 N–H and O–H groups in total. The van der Waals surface area contributed by atoms with Crippen LogP contribution in [0, 0.1) is 0 Å². The number of carbonyl (C=O) groups is 1. The Bertz CT molecular complexity index is 519. The highest BCUT2D eigenvalue weighted by Gasteiger charge is 2.22. The van der Waals surface area contributed by atoms with Gasteiger partial charge in [0.1, 0.15) is 0 Å². The normalized spacial score (nSPS) is 12.4. The molecule has 1 unspecified atom stereocenters. The zero-order valence-electron chi connectivity index (χ0n) is 10.3. The van der Waals surface area contributed by atoms with Crippen molar-refractivity contribution >= 4 is 27.5 Å². The molecule has 18 heavy (non-hydrogen) atoms. The van der Waals surface area contributed by atoms with Crippen molar-refractivity contribution in [2.75, 3.05) is 6.61 Å². The Morgan fingerprint density at radius 2 is 2.22 bits per heavy atom. The summed E-state index contributed by atoms with van der Waals surface area (Å²) in [6.07, 6.45) is -0.720. The van der Waals surface area contributed by atoms with Crippen molar-refractivity contribution in [3.8, 4) is 0 Å². The van der Waals surface area contributed by atoms with Crippen LogP contribution in [0.5, 0.6) is 0 Å². The first-order valence-electron chi connectivity index (χ1n) is 5.76. The molecule has 1 heterocycles. The minimum absolute atomic E-state index is 0.245. The van der Waals surface area contributed by atoms with E-state index in [4.69, 9.17) is 4.74 Å². The number of rotatable bonds is 3. The summed E-state index contributed by atoms with van der Waals surface area (Å²) < 4.78 is 5.90. The summed E-state index contributed by atoms with van der Waals surface area (Å²) in [5.74, 6) is 0. The maximum Gasteiger partial charge on any atom is 0.434 e. The van der Waals surface area contributed by atoms with Gasteiger partial charge in [-0.2, -0.15) is 5.06 Å². The number of benzene rings is 1. The molecule has 2 aromatic rings. The molecular formula is C13H15NO3S. The molecule has 0 saturated heterocycles. The van der Waals surface area contributed by atoms with Gasteiger partial charge in [0.15, 0.2) is 0 Å². The first-order chi connectivity index (χ1) is 8.63. The molecule has 0 radical (unpaired) electrons. The fourth-order valence-corrected chi connectivity index (χ4v) is 2.78. The van der Waals surface area contributed by atoms with Gasteiger partial charge >= 0.3 is 6.09 Å². The quantitative estimate of drug-likeness (QED) is 0.678. The van der Waals surface area contributed by atoms with Gasteiger partial charge in [0.25, 0.3) is 0 Å². The molecule has 1 aromatic heterocycles. The van der Waals surface area contributed by atoms with Gasteiger partial charge in [0, 0.05) is 9.58 Å². The highest BCUT2D eigenvalue weighted by Crippen LogP contribution is 2.32.